The maximum Gasteiger partial charge on any atom is 0.408 e. The van der Waals surface area contributed by atoms with E-state index < -0.39 is 47.2 Å². The summed E-state index contributed by atoms with van der Waals surface area (Å²) in [5.74, 6) is -0.431. The molecule has 0 aliphatic carbocycles. The van der Waals surface area contributed by atoms with Crippen LogP contribution in [-0.4, -0.2) is 75.4 Å². The second-order valence-electron chi connectivity index (χ2n) is 12.4. The molecule has 3 atom stereocenters. The molecule has 0 saturated carbocycles. The summed E-state index contributed by atoms with van der Waals surface area (Å²) in [6, 6.07) is 12.6. The molecule has 1 aromatic heterocycles. The fourth-order valence-electron chi connectivity index (χ4n) is 4.77. The molecule has 11 nitrogen and oxygen atoms in total. The number of methoxy groups -OCH3 is 1. The predicted molar refractivity (Wildman–Crippen MR) is 156 cm³/mol. The number of alkyl carbamates (subject to hydrolysis) is 1. The van der Waals surface area contributed by atoms with Gasteiger partial charge < -0.3 is 29.5 Å². The van der Waals surface area contributed by atoms with Crippen molar-refractivity contribution in [3.05, 3.63) is 48.5 Å². The van der Waals surface area contributed by atoms with E-state index in [2.05, 4.69) is 15.3 Å². The van der Waals surface area contributed by atoms with E-state index in [1.165, 1.54) is 4.90 Å². The van der Waals surface area contributed by atoms with Gasteiger partial charge >= 0.3 is 12.1 Å². The molecule has 42 heavy (non-hydrogen) atoms. The molecule has 2 heterocycles. The topological polar surface area (TPSA) is 140 Å². The summed E-state index contributed by atoms with van der Waals surface area (Å²) in [4.78, 5) is 49.4. The molecule has 3 aromatic rings. The first kappa shape index (κ1) is 30.5. The maximum absolute atomic E-state index is 13.8. The molecule has 1 fully saturated rings. The van der Waals surface area contributed by atoms with Crippen molar-refractivity contribution in [2.75, 3.05) is 13.7 Å². The number of hydrogen-bond donors (Lipinski definition) is 2. The van der Waals surface area contributed by atoms with Crippen molar-refractivity contribution < 1.29 is 33.7 Å². The van der Waals surface area contributed by atoms with Crippen LogP contribution in [0.3, 0.4) is 0 Å². The summed E-state index contributed by atoms with van der Waals surface area (Å²) in [6.07, 6.45) is -1.42. The van der Waals surface area contributed by atoms with Gasteiger partial charge in [-0.3, -0.25) is 4.79 Å². The second kappa shape index (κ2) is 11.8. The van der Waals surface area contributed by atoms with E-state index in [0.717, 1.165) is 5.56 Å². The van der Waals surface area contributed by atoms with E-state index in [4.69, 9.17) is 14.2 Å². The number of fused-ring (bicyclic) bond motifs is 1. The van der Waals surface area contributed by atoms with Crippen LogP contribution in [0, 0.1) is 5.41 Å². The second-order valence-corrected chi connectivity index (χ2v) is 12.4. The SMILES string of the molecule is COc1ccc2nc(-c3ccccc3)nc(O[C@@H]3C[C@@H](C(=O)O)N(C(=O)[C@@H](NC(=O)OC(C)(C)C)C(C)(C)C)C3)c2c1. The summed E-state index contributed by atoms with van der Waals surface area (Å²) >= 11 is 0. The van der Waals surface area contributed by atoms with Gasteiger partial charge in [0.2, 0.25) is 11.8 Å². The van der Waals surface area contributed by atoms with Crippen LogP contribution in [-0.2, 0) is 14.3 Å². The number of ether oxygens (including phenoxy) is 3. The van der Waals surface area contributed by atoms with Crippen molar-refractivity contribution in [3.63, 3.8) is 0 Å². The minimum atomic E-state index is -1.17. The first-order valence-corrected chi connectivity index (χ1v) is 13.8. The minimum absolute atomic E-state index is 0.0193. The number of amides is 2. The number of aliphatic carboxylic acids is 1. The summed E-state index contributed by atoms with van der Waals surface area (Å²) in [5.41, 5.74) is -0.101. The van der Waals surface area contributed by atoms with Crippen LogP contribution in [0.4, 0.5) is 4.79 Å². The molecule has 224 valence electrons. The molecule has 0 radical (unpaired) electrons. The first-order chi connectivity index (χ1) is 19.7. The smallest absolute Gasteiger partial charge is 0.408 e. The third-order valence-corrected chi connectivity index (χ3v) is 6.78. The number of hydrogen-bond acceptors (Lipinski definition) is 8. The lowest BCUT2D eigenvalue weighted by Gasteiger charge is -2.35. The maximum atomic E-state index is 13.8. The molecule has 0 bridgehead atoms. The zero-order valence-corrected chi connectivity index (χ0v) is 25.0. The first-order valence-electron chi connectivity index (χ1n) is 13.8. The van der Waals surface area contributed by atoms with Gasteiger partial charge in [-0.25, -0.2) is 14.6 Å². The minimum Gasteiger partial charge on any atom is -0.497 e. The summed E-state index contributed by atoms with van der Waals surface area (Å²) in [5, 5.41) is 13.3. The highest BCUT2D eigenvalue weighted by molar-refractivity contribution is 5.91. The molecule has 2 N–H and O–H groups in total. The van der Waals surface area contributed by atoms with Crippen molar-refractivity contribution in [2.24, 2.45) is 5.41 Å². The molecular formula is C31H38N4O7. The van der Waals surface area contributed by atoms with E-state index in [1.807, 2.05) is 30.3 Å². The number of nitrogens with one attached hydrogen (secondary N) is 1. The van der Waals surface area contributed by atoms with Gasteiger partial charge in [-0.05, 0) is 44.4 Å². The molecule has 1 saturated heterocycles. The number of carbonyl (C=O) groups is 3. The van der Waals surface area contributed by atoms with Gasteiger partial charge in [-0.2, -0.15) is 4.98 Å². The fraction of sp³-hybridized carbons (Fsp3) is 0.452. The summed E-state index contributed by atoms with van der Waals surface area (Å²) < 4.78 is 17.1. The van der Waals surface area contributed by atoms with Gasteiger partial charge in [0.05, 0.1) is 24.6 Å². The molecule has 0 spiro atoms. The average molecular weight is 579 g/mol. The van der Waals surface area contributed by atoms with E-state index in [1.54, 1.807) is 66.9 Å². The Bertz CT molecular complexity index is 1460. The Kier molecular flexibility index (Phi) is 8.60. The summed E-state index contributed by atoms with van der Waals surface area (Å²) in [7, 11) is 1.55. The van der Waals surface area contributed by atoms with E-state index >= 15 is 0 Å². The molecule has 11 heteroatoms. The lowest BCUT2D eigenvalue weighted by atomic mass is 9.85. The number of rotatable bonds is 7. The highest BCUT2D eigenvalue weighted by atomic mass is 16.6. The van der Waals surface area contributed by atoms with Crippen LogP contribution in [0.5, 0.6) is 11.6 Å². The summed E-state index contributed by atoms with van der Waals surface area (Å²) in [6.45, 7) is 10.5. The zero-order chi connectivity index (χ0) is 30.8. The largest absolute Gasteiger partial charge is 0.497 e. The molecule has 1 aliphatic heterocycles. The van der Waals surface area contributed by atoms with Crippen molar-refractivity contribution in [3.8, 4) is 23.0 Å². The zero-order valence-electron chi connectivity index (χ0n) is 25.0. The Morgan fingerprint density at radius 1 is 1.02 bits per heavy atom. The highest BCUT2D eigenvalue weighted by Crippen LogP contribution is 2.33. The van der Waals surface area contributed by atoms with Crippen molar-refractivity contribution in [1.29, 1.82) is 0 Å². The number of benzene rings is 2. The van der Waals surface area contributed by atoms with Gasteiger partial charge in [0, 0.05) is 12.0 Å². The monoisotopic (exact) mass is 578 g/mol. The molecule has 4 rings (SSSR count). The van der Waals surface area contributed by atoms with Gasteiger partial charge in [0.1, 0.15) is 29.5 Å². The van der Waals surface area contributed by atoms with Crippen molar-refractivity contribution in [1.82, 2.24) is 20.2 Å². The quantitative estimate of drug-likeness (QED) is 0.409. The molecule has 0 unspecified atom stereocenters. The average Bonchev–Trinajstić information content (AvgIpc) is 3.34. The Hall–Kier alpha value is -4.41. The Morgan fingerprint density at radius 3 is 2.31 bits per heavy atom. The molecule has 2 aromatic carbocycles. The van der Waals surface area contributed by atoms with Crippen LogP contribution < -0.4 is 14.8 Å². The normalized spacial score (nSPS) is 17.9. The van der Waals surface area contributed by atoms with E-state index in [-0.39, 0.29) is 18.8 Å². The molecule has 1 aliphatic rings. The van der Waals surface area contributed by atoms with Crippen LogP contribution in [0.25, 0.3) is 22.3 Å². The molecular weight excluding hydrogens is 540 g/mol. The van der Waals surface area contributed by atoms with Crippen LogP contribution in [0.2, 0.25) is 0 Å². The molecule has 2 amide bonds. The Morgan fingerprint density at radius 2 is 1.71 bits per heavy atom. The van der Waals surface area contributed by atoms with Crippen LogP contribution in [0.15, 0.2) is 48.5 Å². The number of carbonyl (C=O) groups excluding carboxylic acids is 2. The van der Waals surface area contributed by atoms with E-state index in [9.17, 15) is 19.5 Å². The number of nitrogens with zero attached hydrogens (tertiary/aromatic N) is 3. The standard InChI is InChI=1S/C31H38N4O7/c1-30(2,3)24(33-29(39)42-31(4,5)6)27(36)35-17-20(16-23(35)28(37)38)41-26-21-15-19(40-7)13-14-22(21)32-25(34-26)18-11-9-8-10-12-18/h8-15,20,23-24H,16-17H2,1-7H3,(H,33,39)(H,37,38)/t20-,23+,24-/m1/s1. The number of carboxylic acids is 1. The van der Waals surface area contributed by atoms with Crippen molar-refractivity contribution >= 4 is 28.9 Å². The van der Waals surface area contributed by atoms with Gasteiger partial charge in [0.25, 0.3) is 0 Å². The Balaban J connectivity index is 1.65. The third kappa shape index (κ3) is 7.07. The van der Waals surface area contributed by atoms with Crippen LogP contribution >= 0.6 is 0 Å². The van der Waals surface area contributed by atoms with Crippen molar-refractivity contribution in [2.45, 2.75) is 71.8 Å². The van der Waals surface area contributed by atoms with Crippen LogP contribution in [0.1, 0.15) is 48.0 Å². The lowest BCUT2D eigenvalue weighted by molar-refractivity contribution is -0.150. The van der Waals surface area contributed by atoms with E-state index in [0.29, 0.717) is 22.5 Å². The number of carboxylic acid groups (broad SMARTS) is 1. The third-order valence-electron chi connectivity index (χ3n) is 6.78. The number of likely N-dealkylation sites (tertiary alicyclic amines) is 1. The highest BCUT2D eigenvalue weighted by Gasteiger charge is 2.46. The van der Waals surface area contributed by atoms with Gasteiger partial charge in [0.15, 0.2) is 5.82 Å². The fourth-order valence-corrected chi connectivity index (χ4v) is 4.77. The van der Waals surface area contributed by atoms with Gasteiger partial charge in [-0.1, -0.05) is 51.1 Å². The van der Waals surface area contributed by atoms with Gasteiger partial charge in [-0.15, -0.1) is 0 Å². The lowest BCUT2D eigenvalue weighted by Crippen LogP contribution is -2.57. The predicted octanol–water partition coefficient (Wildman–Crippen LogP) is 4.68. The number of aromatic nitrogens is 2. The Labute approximate surface area is 245 Å².